The molecule has 0 saturated heterocycles. The number of methoxy groups -OCH3 is 3. The summed E-state index contributed by atoms with van der Waals surface area (Å²) < 4.78 is 22.8. The van der Waals surface area contributed by atoms with Crippen molar-refractivity contribution in [2.45, 2.75) is 26.5 Å². The van der Waals surface area contributed by atoms with Crippen LogP contribution in [0.5, 0.6) is 23.0 Å². The smallest absolute Gasteiger partial charge is 0.174 e. The molecule has 0 aliphatic heterocycles. The van der Waals surface area contributed by atoms with Gasteiger partial charge >= 0.3 is 0 Å². The largest absolute Gasteiger partial charge is 0.493 e. The Morgan fingerprint density at radius 2 is 1.70 bits per heavy atom. The lowest BCUT2D eigenvalue weighted by molar-refractivity contribution is 0.228. The quantitative estimate of drug-likeness (QED) is 0.328. The summed E-state index contributed by atoms with van der Waals surface area (Å²) in [4.78, 5) is 0. The maximum Gasteiger partial charge on any atom is 0.174 e. The highest BCUT2D eigenvalue weighted by Crippen LogP contribution is 2.34. The van der Waals surface area contributed by atoms with E-state index in [4.69, 9.17) is 18.9 Å². The Morgan fingerprint density at radius 1 is 1.00 bits per heavy atom. The first-order valence-electron chi connectivity index (χ1n) is 8.49. The number of halogens is 1. The molecule has 7 heteroatoms. The molecule has 0 saturated carbocycles. The van der Waals surface area contributed by atoms with E-state index in [1.807, 2.05) is 44.2 Å². The predicted molar refractivity (Wildman–Crippen MR) is 115 cm³/mol. The summed E-state index contributed by atoms with van der Waals surface area (Å²) in [5.41, 5.74) is 5.00. The second-order valence-corrected chi connectivity index (χ2v) is 7.15. The molecule has 2 aromatic rings. The van der Waals surface area contributed by atoms with E-state index in [1.54, 1.807) is 27.5 Å². The standard InChI is InChI=1S/C20H25IN2O4/c1-13(2)27-20-16(21)8-15(10-19(20)26-5)12-23-22-11-14-6-7-17(24-3)18(9-14)25-4/h6-10,12-13,22H,11H2,1-5H3/b23-12-. The van der Waals surface area contributed by atoms with Crippen LogP contribution in [0.1, 0.15) is 25.0 Å². The van der Waals surface area contributed by atoms with Crippen LogP contribution >= 0.6 is 22.6 Å². The van der Waals surface area contributed by atoms with Gasteiger partial charge in [-0.25, -0.2) is 0 Å². The normalized spacial score (nSPS) is 10.9. The molecule has 0 fully saturated rings. The molecule has 0 spiro atoms. The number of hydrogen-bond acceptors (Lipinski definition) is 6. The lowest BCUT2D eigenvalue weighted by Gasteiger charge is -2.15. The molecule has 2 aromatic carbocycles. The summed E-state index contributed by atoms with van der Waals surface area (Å²) >= 11 is 2.24. The van der Waals surface area contributed by atoms with Crippen molar-refractivity contribution in [1.82, 2.24) is 5.43 Å². The molecule has 0 aromatic heterocycles. The highest BCUT2D eigenvalue weighted by Gasteiger charge is 2.12. The van der Waals surface area contributed by atoms with Gasteiger partial charge in [0, 0.05) is 0 Å². The average molecular weight is 484 g/mol. The van der Waals surface area contributed by atoms with Gasteiger partial charge in [0.25, 0.3) is 0 Å². The summed E-state index contributed by atoms with van der Waals surface area (Å²) in [7, 11) is 4.87. The minimum Gasteiger partial charge on any atom is -0.493 e. The number of hydrogen-bond donors (Lipinski definition) is 1. The van der Waals surface area contributed by atoms with Crippen molar-refractivity contribution in [2.24, 2.45) is 5.10 Å². The van der Waals surface area contributed by atoms with Gasteiger partial charge in [0.2, 0.25) is 0 Å². The van der Waals surface area contributed by atoms with Crippen LogP contribution in [-0.2, 0) is 6.54 Å². The molecule has 2 rings (SSSR count). The fourth-order valence-electron chi connectivity index (χ4n) is 2.41. The predicted octanol–water partition coefficient (Wildman–Crippen LogP) is 4.23. The van der Waals surface area contributed by atoms with Crippen molar-refractivity contribution < 1.29 is 18.9 Å². The van der Waals surface area contributed by atoms with Crippen LogP contribution in [0.25, 0.3) is 0 Å². The third-order valence-electron chi connectivity index (χ3n) is 3.64. The molecule has 0 aliphatic carbocycles. The number of hydrazone groups is 1. The van der Waals surface area contributed by atoms with Gasteiger partial charge in [0.15, 0.2) is 23.0 Å². The van der Waals surface area contributed by atoms with Gasteiger partial charge < -0.3 is 24.4 Å². The van der Waals surface area contributed by atoms with Gasteiger partial charge in [0.1, 0.15) is 0 Å². The molecule has 0 amide bonds. The minimum atomic E-state index is 0.0788. The maximum atomic E-state index is 5.83. The third-order valence-corrected chi connectivity index (χ3v) is 4.44. The number of ether oxygens (including phenoxy) is 4. The summed E-state index contributed by atoms with van der Waals surface area (Å²) in [6.07, 6.45) is 1.83. The van der Waals surface area contributed by atoms with Crippen LogP contribution in [0, 0.1) is 3.57 Å². The Balaban J connectivity index is 2.05. The molecule has 0 aliphatic rings. The Hall–Kier alpha value is -2.16. The van der Waals surface area contributed by atoms with E-state index in [9.17, 15) is 0 Å². The van der Waals surface area contributed by atoms with Gasteiger partial charge in [-0.2, -0.15) is 5.10 Å². The Morgan fingerprint density at radius 3 is 2.33 bits per heavy atom. The summed E-state index contributed by atoms with van der Waals surface area (Å²) in [5, 5.41) is 4.30. The molecular formula is C20H25IN2O4. The number of nitrogens with one attached hydrogen (secondary N) is 1. The first kappa shape index (κ1) is 21.1. The van der Waals surface area contributed by atoms with E-state index in [1.165, 1.54) is 0 Å². The Bertz CT molecular complexity index is 794. The van der Waals surface area contributed by atoms with Crippen molar-refractivity contribution in [3.63, 3.8) is 0 Å². The highest BCUT2D eigenvalue weighted by molar-refractivity contribution is 14.1. The molecule has 27 heavy (non-hydrogen) atoms. The molecule has 0 unspecified atom stereocenters. The lowest BCUT2D eigenvalue weighted by atomic mass is 10.2. The van der Waals surface area contributed by atoms with Crippen LogP contribution in [-0.4, -0.2) is 33.6 Å². The zero-order valence-corrected chi connectivity index (χ0v) is 18.4. The van der Waals surface area contributed by atoms with Gasteiger partial charge in [-0.3, -0.25) is 0 Å². The van der Waals surface area contributed by atoms with E-state index < -0.39 is 0 Å². The number of nitrogens with zero attached hydrogens (tertiary/aromatic N) is 1. The van der Waals surface area contributed by atoms with E-state index in [-0.39, 0.29) is 6.10 Å². The molecular weight excluding hydrogens is 459 g/mol. The lowest BCUT2D eigenvalue weighted by Crippen LogP contribution is -2.09. The molecule has 0 bridgehead atoms. The van der Waals surface area contributed by atoms with Crippen molar-refractivity contribution >= 4 is 28.8 Å². The zero-order valence-electron chi connectivity index (χ0n) is 16.2. The molecule has 0 radical (unpaired) electrons. The number of benzene rings is 2. The van der Waals surface area contributed by atoms with Crippen LogP contribution in [0.3, 0.4) is 0 Å². The van der Waals surface area contributed by atoms with E-state index >= 15 is 0 Å². The van der Waals surface area contributed by atoms with Crippen LogP contribution < -0.4 is 24.4 Å². The van der Waals surface area contributed by atoms with Crippen molar-refractivity contribution in [3.8, 4) is 23.0 Å². The third kappa shape index (κ3) is 5.92. The molecule has 0 atom stereocenters. The fourth-order valence-corrected chi connectivity index (χ4v) is 3.16. The first-order valence-corrected chi connectivity index (χ1v) is 9.57. The van der Waals surface area contributed by atoms with Crippen molar-refractivity contribution in [1.29, 1.82) is 0 Å². The van der Waals surface area contributed by atoms with Crippen molar-refractivity contribution in [3.05, 3.63) is 45.0 Å². The van der Waals surface area contributed by atoms with Crippen LogP contribution in [0.2, 0.25) is 0 Å². The summed E-state index contributed by atoms with van der Waals surface area (Å²) in [6.45, 7) is 4.55. The summed E-state index contributed by atoms with van der Waals surface area (Å²) in [5.74, 6) is 2.84. The summed E-state index contributed by atoms with van der Waals surface area (Å²) in [6, 6.07) is 9.67. The molecule has 0 heterocycles. The van der Waals surface area contributed by atoms with Gasteiger partial charge in [0.05, 0.1) is 43.8 Å². The van der Waals surface area contributed by atoms with Gasteiger partial charge in [-0.15, -0.1) is 0 Å². The fraction of sp³-hybridized carbons (Fsp3) is 0.350. The number of rotatable bonds is 9. The van der Waals surface area contributed by atoms with E-state index in [0.717, 1.165) is 20.4 Å². The van der Waals surface area contributed by atoms with E-state index in [2.05, 4.69) is 33.1 Å². The van der Waals surface area contributed by atoms with Crippen molar-refractivity contribution in [2.75, 3.05) is 21.3 Å². The molecule has 6 nitrogen and oxygen atoms in total. The molecule has 146 valence electrons. The van der Waals surface area contributed by atoms with Gasteiger partial charge in [-0.1, -0.05) is 6.07 Å². The Labute approximate surface area is 174 Å². The maximum absolute atomic E-state index is 5.83. The second kappa shape index (κ2) is 10.2. The second-order valence-electron chi connectivity index (χ2n) is 5.98. The Kier molecular flexibility index (Phi) is 8.02. The van der Waals surface area contributed by atoms with Crippen LogP contribution in [0.4, 0.5) is 0 Å². The monoisotopic (exact) mass is 484 g/mol. The average Bonchev–Trinajstić information content (AvgIpc) is 2.66. The topological polar surface area (TPSA) is 61.3 Å². The minimum absolute atomic E-state index is 0.0788. The molecule has 1 N–H and O–H groups in total. The first-order chi connectivity index (χ1) is 13.0. The zero-order chi connectivity index (χ0) is 19.8. The van der Waals surface area contributed by atoms with Crippen LogP contribution in [0.15, 0.2) is 35.4 Å². The SMILES string of the molecule is COc1ccc(CN/N=C\c2cc(I)c(OC(C)C)c(OC)c2)cc1OC. The highest BCUT2D eigenvalue weighted by atomic mass is 127. The van der Waals surface area contributed by atoms with E-state index in [0.29, 0.717) is 23.8 Å². The van der Waals surface area contributed by atoms with Gasteiger partial charge in [-0.05, 0) is 71.8 Å².